The summed E-state index contributed by atoms with van der Waals surface area (Å²) in [5, 5.41) is 5.04. The Morgan fingerprint density at radius 1 is 1.25 bits per heavy atom. The molecule has 2 rings (SSSR count). The van der Waals surface area contributed by atoms with Crippen LogP contribution in [-0.2, 0) is 10.0 Å². The largest absolute Gasteiger partial charge is 0.336 e. The highest BCUT2D eigenvalue weighted by atomic mass is 32.2. The van der Waals surface area contributed by atoms with Crippen LogP contribution >= 0.6 is 0 Å². The lowest BCUT2D eigenvalue weighted by Gasteiger charge is -2.38. The highest BCUT2D eigenvalue weighted by molar-refractivity contribution is 7.89. The molecule has 0 radical (unpaired) electrons. The first kappa shape index (κ1) is 15.0. The summed E-state index contributed by atoms with van der Waals surface area (Å²) in [4.78, 5) is 14.3. The van der Waals surface area contributed by atoms with E-state index in [2.05, 4.69) is 13.8 Å². The molecule has 1 amide bonds. The zero-order valence-electron chi connectivity index (χ0n) is 11.7. The van der Waals surface area contributed by atoms with E-state index in [4.69, 9.17) is 5.14 Å². The predicted molar refractivity (Wildman–Crippen MR) is 76.7 cm³/mol. The summed E-state index contributed by atoms with van der Waals surface area (Å²) >= 11 is 0. The molecule has 1 saturated heterocycles. The van der Waals surface area contributed by atoms with E-state index >= 15 is 0 Å². The fourth-order valence-electron chi connectivity index (χ4n) is 2.58. The number of amides is 1. The van der Waals surface area contributed by atoms with Gasteiger partial charge in [-0.2, -0.15) is 0 Å². The summed E-state index contributed by atoms with van der Waals surface area (Å²) in [7, 11) is -3.71. The molecule has 2 atom stereocenters. The van der Waals surface area contributed by atoms with E-state index in [0.717, 1.165) is 19.4 Å². The number of primary sulfonamides is 1. The Balaban J connectivity index is 2.21. The van der Waals surface area contributed by atoms with Crippen LogP contribution in [-0.4, -0.2) is 31.8 Å². The van der Waals surface area contributed by atoms with Gasteiger partial charge in [0.25, 0.3) is 5.91 Å². The molecule has 110 valence electrons. The number of nitrogens with zero attached hydrogens (tertiary/aromatic N) is 1. The number of hydrogen-bond acceptors (Lipinski definition) is 3. The van der Waals surface area contributed by atoms with Gasteiger partial charge in [-0.05, 0) is 49.9 Å². The molecule has 0 spiro atoms. The predicted octanol–water partition coefficient (Wildman–Crippen LogP) is 1.59. The van der Waals surface area contributed by atoms with E-state index in [1.54, 1.807) is 0 Å². The molecule has 6 heteroatoms. The summed E-state index contributed by atoms with van der Waals surface area (Å²) in [5.41, 5.74) is 0.498. The average molecular weight is 296 g/mol. The molecule has 5 nitrogen and oxygen atoms in total. The number of carbonyl (C=O) groups is 1. The number of piperidine rings is 1. The van der Waals surface area contributed by atoms with E-state index in [-0.39, 0.29) is 16.8 Å². The summed E-state index contributed by atoms with van der Waals surface area (Å²) in [6, 6.07) is 6.00. The zero-order valence-corrected chi connectivity index (χ0v) is 12.6. The van der Waals surface area contributed by atoms with Gasteiger partial charge >= 0.3 is 0 Å². The Kier molecular flexibility index (Phi) is 4.15. The number of nitrogens with two attached hydrogens (primary N) is 1. The van der Waals surface area contributed by atoms with Gasteiger partial charge < -0.3 is 4.90 Å². The summed E-state index contributed by atoms with van der Waals surface area (Å²) in [5.74, 6) is 0.432. The molecule has 1 aromatic rings. The number of sulfonamides is 1. The van der Waals surface area contributed by atoms with Crippen LogP contribution in [0.3, 0.4) is 0 Å². The standard InChI is InChI=1S/C14H20N2O3S/c1-10-4-3-9-16(11(10)2)14(17)12-5-7-13(8-6-12)20(15,18)19/h5-8,10-11H,3-4,9H2,1-2H3,(H2,15,18,19). The lowest BCUT2D eigenvalue weighted by molar-refractivity contribution is 0.0551. The lowest BCUT2D eigenvalue weighted by Crippen LogP contribution is -2.46. The zero-order chi connectivity index (χ0) is 14.9. The summed E-state index contributed by atoms with van der Waals surface area (Å²) < 4.78 is 22.4. The van der Waals surface area contributed by atoms with Gasteiger partial charge in [-0.15, -0.1) is 0 Å². The SMILES string of the molecule is CC1CCCN(C(=O)c2ccc(S(N)(=O)=O)cc2)C1C. The first-order chi connectivity index (χ1) is 9.30. The maximum atomic E-state index is 12.5. The molecule has 1 heterocycles. The van der Waals surface area contributed by atoms with Crippen molar-refractivity contribution in [3.63, 3.8) is 0 Å². The summed E-state index contributed by atoms with van der Waals surface area (Å²) in [6.45, 7) is 4.95. The van der Waals surface area contributed by atoms with Gasteiger partial charge in [0, 0.05) is 18.2 Å². The quantitative estimate of drug-likeness (QED) is 0.900. The first-order valence-electron chi connectivity index (χ1n) is 6.74. The Hall–Kier alpha value is -1.40. The van der Waals surface area contributed by atoms with Crippen molar-refractivity contribution in [2.45, 2.75) is 37.6 Å². The molecule has 1 aliphatic rings. The van der Waals surface area contributed by atoms with Crippen LogP contribution in [0.4, 0.5) is 0 Å². The van der Waals surface area contributed by atoms with Gasteiger partial charge in [0.15, 0.2) is 0 Å². The van der Waals surface area contributed by atoms with Crippen LogP contribution in [0.2, 0.25) is 0 Å². The second-order valence-corrected chi connectivity index (χ2v) is 6.99. The number of hydrogen-bond donors (Lipinski definition) is 1. The number of carbonyl (C=O) groups excluding carboxylic acids is 1. The monoisotopic (exact) mass is 296 g/mol. The number of likely N-dealkylation sites (tertiary alicyclic amines) is 1. The van der Waals surface area contributed by atoms with E-state index in [1.807, 2.05) is 4.90 Å². The van der Waals surface area contributed by atoms with Crippen LogP contribution in [0.5, 0.6) is 0 Å². The average Bonchev–Trinajstić information content (AvgIpc) is 2.40. The smallest absolute Gasteiger partial charge is 0.254 e. The van der Waals surface area contributed by atoms with Crippen LogP contribution in [0.15, 0.2) is 29.2 Å². The molecule has 1 aliphatic heterocycles. The fraction of sp³-hybridized carbons (Fsp3) is 0.500. The Morgan fingerprint density at radius 2 is 1.85 bits per heavy atom. The third kappa shape index (κ3) is 3.02. The van der Waals surface area contributed by atoms with Gasteiger partial charge in [-0.1, -0.05) is 6.92 Å². The van der Waals surface area contributed by atoms with Crippen LogP contribution in [0.25, 0.3) is 0 Å². The maximum absolute atomic E-state index is 12.5. The lowest BCUT2D eigenvalue weighted by atomic mass is 9.91. The van der Waals surface area contributed by atoms with Crippen molar-refractivity contribution in [2.24, 2.45) is 11.1 Å². The molecule has 2 N–H and O–H groups in total. The molecule has 2 unspecified atom stereocenters. The first-order valence-corrected chi connectivity index (χ1v) is 8.29. The van der Waals surface area contributed by atoms with Crippen molar-refractivity contribution in [3.05, 3.63) is 29.8 Å². The number of benzene rings is 1. The third-order valence-electron chi connectivity index (χ3n) is 4.06. The Morgan fingerprint density at radius 3 is 2.40 bits per heavy atom. The topological polar surface area (TPSA) is 80.5 Å². The molecular formula is C14H20N2O3S. The minimum absolute atomic E-state index is 0.0223. The molecule has 20 heavy (non-hydrogen) atoms. The van der Waals surface area contributed by atoms with Crippen LogP contribution in [0.1, 0.15) is 37.0 Å². The third-order valence-corrected chi connectivity index (χ3v) is 4.99. The van der Waals surface area contributed by atoms with Crippen molar-refractivity contribution in [1.82, 2.24) is 4.90 Å². The molecule has 0 aromatic heterocycles. The van der Waals surface area contributed by atoms with Crippen molar-refractivity contribution in [1.29, 1.82) is 0 Å². The van der Waals surface area contributed by atoms with Crippen molar-refractivity contribution < 1.29 is 13.2 Å². The van der Waals surface area contributed by atoms with E-state index < -0.39 is 10.0 Å². The minimum atomic E-state index is -3.71. The molecule has 0 aliphatic carbocycles. The second kappa shape index (κ2) is 5.54. The highest BCUT2D eigenvalue weighted by Gasteiger charge is 2.28. The number of rotatable bonds is 2. The Bertz CT molecular complexity index is 595. The van der Waals surface area contributed by atoms with Gasteiger partial charge in [0.2, 0.25) is 10.0 Å². The second-order valence-electron chi connectivity index (χ2n) is 5.43. The van der Waals surface area contributed by atoms with Gasteiger partial charge in [-0.25, -0.2) is 13.6 Å². The van der Waals surface area contributed by atoms with Gasteiger partial charge in [0.1, 0.15) is 0 Å². The Labute approximate surface area is 119 Å². The van der Waals surface area contributed by atoms with E-state index in [1.165, 1.54) is 24.3 Å². The van der Waals surface area contributed by atoms with Crippen molar-refractivity contribution in [2.75, 3.05) is 6.54 Å². The van der Waals surface area contributed by atoms with E-state index in [9.17, 15) is 13.2 Å². The highest BCUT2D eigenvalue weighted by Crippen LogP contribution is 2.24. The fourth-order valence-corrected chi connectivity index (χ4v) is 3.09. The normalized spacial score (nSPS) is 23.6. The molecule has 1 aromatic carbocycles. The molecular weight excluding hydrogens is 276 g/mol. The van der Waals surface area contributed by atoms with Crippen molar-refractivity contribution in [3.8, 4) is 0 Å². The summed E-state index contributed by atoms with van der Waals surface area (Å²) in [6.07, 6.45) is 2.14. The van der Waals surface area contributed by atoms with Gasteiger partial charge in [0.05, 0.1) is 4.90 Å². The minimum Gasteiger partial charge on any atom is -0.336 e. The van der Waals surface area contributed by atoms with Gasteiger partial charge in [-0.3, -0.25) is 4.79 Å². The van der Waals surface area contributed by atoms with Crippen LogP contribution in [0, 0.1) is 5.92 Å². The van der Waals surface area contributed by atoms with Crippen LogP contribution < -0.4 is 5.14 Å². The van der Waals surface area contributed by atoms with Crippen molar-refractivity contribution >= 4 is 15.9 Å². The van der Waals surface area contributed by atoms with E-state index in [0.29, 0.717) is 11.5 Å². The maximum Gasteiger partial charge on any atom is 0.254 e. The molecule has 1 fully saturated rings. The molecule has 0 bridgehead atoms. The molecule has 0 saturated carbocycles.